The van der Waals surface area contributed by atoms with Crippen LogP contribution in [-0.2, 0) is 11.2 Å². The average Bonchev–Trinajstić information content (AvgIpc) is 3.28. The van der Waals surface area contributed by atoms with E-state index in [4.69, 9.17) is 5.21 Å². The Morgan fingerprint density at radius 3 is 2.58 bits per heavy atom. The van der Waals surface area contributed by atoms with Crippen LogP contribution in [0.5, 0.6) is 0 Å². The zero-order chi connectivity index (χ0) is 19.4. The minimum Gasteiger partial charge on any atom is -0.382 e. The summed E-state index contributed by atoms with van der Waals surface area (Å²) in [6.07, 6.45) is -1.88. The van der Waals surface area contributed by atoms with E-state index in [1.807, 2.05) is 29.6 Å². The Labute approximate surface area is 158 Å². The van der Waals surface area contributed by atoms with Crippen LogP contribution in [-0.4, -0.2) is 40.3 Å². The van der Waals surface area contributed by atoms with Crippen molar-refractivity contribution in [1.29, 1.82) is 0 Å². The van der Waals surface area contributed by atoms with Gasteiger partial charge in [0.25, 0.3) is 12.3 Å². The maximum Gasteiger partial charge on any atom is 0.268 e. The van der Waals surface area contributed by atoms with Crippen LogP contribution in [0.2, 0.25) is 0 Å². The number of hydrogen-bond acceptors (Lipinski definition) is 6. The molecule has 0 spiro atoms. The number of carbonyl (C=O) groups excluding carboxylic acids is 1. The third-order valence-electron chi connectivity index (χ3n) is 4.50. The van der Waals surface area contributed by atoms with Crippen LogP contribution in [0.4, 0.5) is 8.78 Å². The number of aliphatic hydroxyl groups is 1. The molecule has 0 fully saturated rings. The Balaban J connectivity index is 1.95. The van der Waals surface area contributed by atoms with Crippen LogP contribution in [0.15, 0.2) is 29.6 Å². The second kappa shape index (κ2) is 8.53. The molecule has 0 radical (unpaired) electrons. The van der Waals surface area contributed by atoms with Crippen molar-refractivity contribution in [1.82, 2.24) is 10.8 Å². The summed E-state index contributed by atoms with van der Waals surface area (Å²) < 4.78 is 26.3. The largest absolute Gasteiger partial charge is 0.382 e. The molecule has 0 aliphatic heterocycles. The summed E-state index contributed by atoms with van der Waals surface area (Å²) in [5, 5.41) is 23.6. The van der Waals surface area contributed by atoms with Gasteiger partial charge in [-0.2, -0.15) is 0 Å². The quantitative estimate of drug-likeness (QED) is 0.294. The maximum atomic E-state index is 13.2. The topological polar surface area (TPSA) is 81.6 Å². The van der Waals surface area contributed by atoms with Gasteiger partial charge >= 0.3 is 0 Å². The van der Waals surface area contributed by atoms with E-state index in [1.165, 1.54) is 15.2 Å². The van der Waals surface area contributed by atoms with Gasteiger partial charge < -0.3 is 10.4 Å². The Morgan fingerprint density at radius 1 is 1.27 bits per heavy atom. The number of halogens is 2. The van der Waals surface area contributed by atoms with Gasteiger partial charge in [0.15, 0.2) is 0 Å². The van der Waals surface area contributed by atoms with Crippen LogP contribution in [0.3, 0.4) is 0 Å². The van der Waals surface area contributed by atoms with Crippen molar-refractivity contribution in [3.05, 3.63) is 34.5 Å². The van der Waals surface area contributed by atoms with Gasteiger partial charge in [0, 0.05) is 14.6 Å². The number of amides is 1. The van der Waals surface area contributed by atoms with E-state index in [0.717, 1.165) is 18.7 Å². The standard InChI is InChI=1S/C17H22F2N2O3S2/c1-16(15(22)21-24,17(2,23)14(18)19)20-9-3-5-11-7-8-13(26-11)12-6-4-10-25-12/h4,6-8,10,14,20,23-24H,3,5,9H2,1-2H3,(H,21,22). The van der Waals surface area contributed by atoms with Crippen molar-refractivity contribution in [3.63, 3.8) is 0 Å². The predicted molar refractivity (Wildman–Crippen MR) is 98.9 cm³/mol. The summed E-state index contributed by atoms with van der Waals surface area (Å²) in [7, 11) is 0. The number of hydroxylamine groups is 1. The Morgan fingerprint density at radius 2 is 2.00 bits per heavy atom. The van der Waals surface area contributed by atoms with Crippen LogP contribution >= 0.6 is 22.7 Å². The lowest BCUT2D eigenvalue weighted by atomic mass is 9.81. The molecular formula is C17H22F2N2O3S2. The zero-order valence-corrected chi connectivity index (χ0v) is 16.1. The predicted octanol–water partition coefficient (Wildman–Crippen LogP) is 3.28. The molecule has 2 atom stereocenters. The summed E-state index contributed by atoms with van der Waals surface area (Å²) in [5.41, 5.74) is -3.33. The number of rotatable bonds is 9. The van der Waals surface area contributed by atoms with Gasteiger partial charge in [-0.1, -0.05) is 6.07 Å². The molecule has 26 heavy (non-hydrogen) atoms. The average molecular weight is 405 g/mol. The highest BCUT2D eigenvalue weighted by atomic mass is 32.1. The zero-order valence-electron chi connectivity index (χ0n) is 14.5. The molecule has 1 amide bonds. The van der Waals surface area contributed by atoms with E-state index in [0.29, 0.717) is 12.8 Å². The summed E-state index contributed by atoms with van der Waals surface area (Å²) >= 11 is 3.33. The number of carbonyl (C=O) groups is 1. The second-order valence-corrected chi connectivity index (χ2v) is 8.40. The normalized spacial score (nSPS) is 16.3. The molecule has 144 valence electrons. The van der Waals surface area contributed by atoms with Gasteiger partial charge in [-0.3, -0.25) is 10.0 Å². The number of thiophene rings is 2. The molecule has 0 aromatic carbocycles. The van der Waals surface area contributed by atoms with E-state index >= 15 is 0 Å². The number of nitrogens with one attached hydrogen (secondary N) is 2. The Kier molecular flexibility index (Phi) is 6.86. The maximum absolute atomic E-state index is 13.2. The van der Waals surface area contributed by atoms with Crippen molar-refractivity contribution in [3.8, 4) is 9.75 Å². The molecule has 2 aromatic heterocycles. The van der Waals surface area contributed by atoms with Gasteiger partial charge in [-0.05, 0) is 56.8 Å². The van der Waals surface area contributed by atoms with E-state index < -0.39 is 23.5 Å². The lowest BCUT2D eigenvalue weighted by Gasteiger charge is -2.40. The summed E-state index contributed by atoms with van der Waals surface area (Å²) in [5.74, 6) is -1.11. The van der Waals surface area contributed by atoms with Crippen LogP contribution < -0.4 is 10.8 Å². The van der Waals surface area contributed by atoms with Gasteiger partial charge in [0.05, 0.1) is 0 Å². The van der Waals surface area contributed by atoms with Crippen LogP contribution in [0, 0.1) is 0 Å². The highest BCUT2D eigenvalue weighted by Gasteiger charge is 2.54. The second-order valence-electron chi connectivity index (χ2n) is 6.29. The third kappa shape index (κ3) is 4.29. The molecule has 0 aliphatic rings. The molecule has 0 saturated carbocycles. The Bertz CT molecular complexity index is 719. The number of aryl methyl sites for hydroxylation is 1. The fraction of sp³-hybridized carbons (Fsp3) is 0.471. The molecule has 2 unspecified atom stereocenters. The van der Waals surface area contributed by atoms with E-state index in [1.54, 1.807) is 22.7 Å². The van der Waals surface area contributed by atoms with Crippen LogP contribution in [0.1, 0.15) is 25.1 Å². The van der Waals surface area contributed by atoms with Gasteiger partial charge in [0.1, 0.15) is 11.1 Å². The fourth-order valence-corrected chi connectivity index (χ4v) is 4.37. The smallest absolute Gasteiger partial charge is 0.268 e. The minimum atomic E-state index is -3.16. The van der Waals surface area contributed by atoms with Crippen LogP contribution in [0.25, 0.3) is 9.75 Å². The third-order valence-corrected chi connectivity index (χ3v) is 6.71. The highest BCUT2D eigenvalue weighted by Crippen LogP contribution is 2.32. The Hall–Kier alpha value is -1.39. The van der Waals surface area contributed by atoms with Crippen molar-refractivity contribution in [2.45, 2.75) is 44.3 Å². The monoisotopic (exact) mass is 404 g/mol. The molecule has 0 bridgehead atoms. The molecule has 4 N–H and O–H groups in total. The van der Waals surface area contributed by atoms with Gasteiger partial charge in [-0.25, -0.2) is 14.3 Å². The molecule has 2 rings (SSSR count). The number of hydrogen-bond donors (Lipinski definition) is 4. The fourth-order valence-electron chi connectivity index (χ4n) is 2.48. The first kappa shape index (κ1) is 20.9. The molecule has 0 saturated heterocycles. The minimum absolute atomic E-state index is 0.221. The van der Waals surface area contributed by atoms with Gasteiger partial charge in [0.2, 0.25) is 0 Å². The molecular weight excluding hydrogens is 382 g/mol. The SMILES string of the molecule is CC(NCCCc1ccc(-c2cccs2)s1)(C(=O)NO)C(C)(O)C(F)F. The van der Waals surface area contributed by atoms with E-state index in [-0.39, 0.29) is 6.54 Å². The molecule has 2 aromatic rings. The van der Waals surface area contributed by atoms with Crippen molar-refractivity contribution in [2.24, 2.45) is 0 Å². The number of alkyl halides is 2. The summed E-state index contributed by atoms with van der Waals surface area (Å²) in [6, 6.07) is 8.11. The van der Waals surface area contributed by atoms with Crippen molar-refractivity contribution in [2.75, 3.05) is 6.54 Å². The van der Waals surface area contributed by atoms with Crippen molar-refractivity contribution < 1.29 is 23.9 Å². The van der Waals surface area contributed by atoms with Gasteiger partial charge in [-0.15, -0.1) is 22.7 Å². The van der Waals surface area contributed by atoms with Crippen molar-refractivity contribution >= 4 is 28.6 Å². The first-order valence-electron chi connectivity index (χ1n) is 8.05. The molecule has 5 nitrogen and oxygen atoms in total. The first-order valence-corrected chi connectivity index (χ1v) is 9.74. The molecule has 9 heteroatoms. The summed E-state index contributed by atoms with van der Waals surface area (Å²) in [4.78, 5) is 15.4. The highest BCUT2D eigenvalue weighted by molar-refractivity contribution is 7.21. The molecule has 2 heterocycles. The lowest BCUT2D eigenvalue weighted by molar-refractivity contribution is -0.167. The summed E-state index contributed by atoms with van der Waals surface area (Å²) in [6.45, 7) is 2.23. The first-order chi connectivity index (χ1) is 12.2. The van der Waals surface area contributed by atoms with E-state index in [9.17, 15) is 18.7 Å². The lowest BCUT2D eigenvalue weighted by Crippen LogP contribution is -2.70. The van der Waals surface area contributed by atoms with E-state index in [2.05, 4.69) is 5.32 Å². The molecule has 0 aliphatic carbocycles.